The molecule has 0 unspecified atom stereocenters. The minimum Gasteiger partial charge on any atom is -0.497 e. The van der Waals surface area contributed by atoms with E-state index in [4.69, 9.17) is 12.6 Å². The van der Waals surface area contributed by atoms with Crippen molar-refractivity contribution >= 4 is 13.3 Å². The summed E-state index contributed by atoms with van der Waals surface area (Å²) in [5, 5.41) is 6.13. The summed E-state index contributed by atoms with van der Waals surface area (Å²) in [6.45, 7) is 6.22. The first-order valence-corrected chi connectivity index (χ1v) is 6.36. The van der Waals surface area contributed by atoms with Gasteiger partial charge in [-0.05, 0) is 28.7 Å². The summed E-state index contributed by atoms with van der Waals surface area (Å²) in [6.07, 6.45) is 1.55. The van der Waals surface area contributed by atoms with Gasteiger partial charge in [-0.2, -0.15) is 5.10 Å². The molecule has 2 aromatic rings. The van der Waals surface area contributed by atoms with Crippen molar-refractivity contribution < 1.29 is 4.74 Å². The van der Waals surface area contributed by atoms with Crippen molar-refractivity contribution in [3.63, 3.8) is 0 Å². The van der Waals surface area contributed by atoms with E-state index in [2.05, 4.69) is 31.0 Å². The number of ether oxygens (including phenoxy) is 1. The number of hydrogen-bond donors (Lipinski definition) is 1. The molecule has 0 amide bonds. The highest BCUT2D eigenvalue weighted by molar-refractivity contribution is 6.34. The number of H-pyrrole nitrogens is 1. The van der Waals surface area contributed by atoms with Crippen LogP contribution in [-0.2, 0) is 5.41 Å². The zero-order valence-corrected chi connectivity index (χ0v) is 12.2. The molecule has 0 fully saturated rings. The Labute approximate surface area is 119 Å². The number of hydrogen-bond acceptors (Lipinski definition) is 3. The normalized spacial score (nSPS) is 11.4. The number of aromatic amines is 1. The molecule has 0 aliphatic rings. The van der Waals surface area contributed by atoms with Gasteiger partial charge in [-0.25, -0.2) is 5.10 Å². The Morgan fingerprint density at radius 1 is 1.30 bits per heavy atom. The standard InChI is InChI=1S/C15H17BN2O2/c1-15(2,3)11-7-9(8-12(16)13(11)20-4)10-5-6-17-18-14(10)19/h5-8H,1-4H3,(H,18,19). The third-order valence-electron chi connectivity index (χ3n) is 3.17. The summed E-state index contributed by atoms with van der Waals surface area (Å²) in [5.74, 6) is 0.659. The van der Waals surface area contributed by atoms with Crippen LogP contribution in [0, 0.1) is 0 Å². The predicted molar refractivity (Wildman–Crippen MR) is 80.9 cm³/mol. The average molecular weight is 268 g/mol. The fourth-order valence-electron chi connectivity index (χ4n) is 2.16. The lowest BCUT2D eigenvalue weighted by Gasteiger charge is -2.24. The maximum Gasteiger partial charge on any atom is 0.272 e. The number of benzene rings is 1. The maximum atomic E-state index is 11.9. The number of methoxy groups -OCH3 is 1. The topological polar surface area (TPSA) is 55.0 Å². The number of aromatic nitrogens is 2. The Morgan fingerprint density at radius 2 is 2.00 bits per heavy atom. The molecule has 0 aliphatic heterocycles. The second-order valence-corrected chi connectivity index (χ2v) is 5.70. The molecular weight excluding hydrogens is 251 g/mol. The Kier molecular flexibility index (Phi) is 3.70. The van der Waals surface area contributed by atoms with Crippen molar-refractivity contribution in [2.45, 2.75) is 26.2 Å². The molecule has 1 N–H and O–H groups in total. The van der Waals surface area contributed by atoms with Gasteiger partial charge in [0.15, 0.2) is 0 Å². The van der Waals surface area contributed by atoms with Gasteiger partial charge in [0.25, 0.3) is 5.56 Å². The van der Waals surface area contributed by atoms with E-state index in [9.17, 15) is 4.79 Å². The average Bonchev–Trinajstić information content (AvgIpc) is 2.37. The van der Waals surface area contributed by atoms with Crippen molar-refractivity contribution in [1.29, 1.82) is 0 Å². The van der Waals surface area contributed by atoms with Crippen LogP contribution in [0.25, 0.3) is 11.1 Å². The van der Waals surface area contributed by atoms with Crippen molar-refractivity contribution in [3.05, 3.63) is 40.3 Å². The van der Waals surface area contributed by atoms with Gasteiger partial charge in [-0.3, -0.25) is 4.79 Å². The molecule has 2 radical (unpaired) electrons. The van der Waals surface area contributed by atoms with Crippen LogP contribution in [0.5, 0.6) is 5.75 Å². The molecule has 102 valence electrons. The van der Waals surface area contributed by atoms with Crippen molar-refractivity contribution in [2.75, 3.05) is 7.11 Å². The van der Waals surface area contributed by atoms with E-state index < -0.39 is 0 Å². The van der Waals surface area contributed by atoms with Crippen LogP contribution < -0.4 is 15.8 Å². The summed E-state index contributed by atoms with van der Waals surface area (Å²) in [5.41, 5.74) is 2.40. The Hall–Kier alpha value is -2.04. The highest BCUT2D eigenvalue weighted by Crippen LogP contribution is 2.32. The van der Waals surface area contributed by atoms with Crippen LogP contribution in [0.4, 0.5) is 0 Å². The fourth-order valence-corrected chi connectivity index (χ4v) is 2.16. The minimum absolute atomic E-state index is 0.144. The first-order chi connectivity index (χ1) is 9.34. The third kappa shape index (κ3) is 2.62. The second kappa shape index (κ2) is 5.15. The Balaban J connectivity index is 2.73. The quantitative estimate of drug-likeness (QED) is 0.840. The van der Waals surface area contributed by atoms with E-state index in [1.807, 2.05) is 6.07 Å². The zero-order chi connectivity index (χ0) is 14.9. The summed E-state index contributed by atoms with van der Waals surface area (Å²) in [4.78, 5) is 11.9. The van der Waals surface area contributed by atoms with Crippen molar-refractivity contribution in [1.82, 2.24) is 10.2 Å². The molecule has 1 aromatic heterocycles. The lowest BCUT2D eigenvalue weighted by molar-refractivity contribution is 0.401. The first kappa shape index (κ1) is 14.4. The van der Waals surface area contributed by atoms with E-state index in [0.29, 0.717) is 16.8 Å². The SMILES string of the molecule is [B]c1cc(-c2ccn[nH]c2=O)cc(C(C)(C)C)c1OC. The monoisotopic (exact) mass is 268 g/mol. The second-order valence-electron chi connectivity index (χ2n) is 5.70. The van der Waals surface area contributed by atoms with Gasteiger partial charge in [0.2, 0.25) is 0 Å². The largest absolute Gasteiger partial charge is 0.497 e. The Morgan fingerprint density at radius 3 is 2.55 bits per heavy atom. The summed E-state index contributed by atoms with van der Waals surface area (Å²) >= 11 is 0. The van der Waals surface area contributed by atoms with E-state index in [0.717, 1.165) is 11.1 Å². The molecule has 0 atom stereocenters. The molecule has 2 rings (SSSR count). The Bertz CT molecular complexity index is 687. The van der Waals surface area contributed by atoms with E-state index in [1.54, 1.807) is 25.4 Å². The summed E-state index contributed by atoms with van der Waals surface area (Å²) < 4.78 is 5.40. The lowest BCUT2D eigenvalue weighted by Crippen LogP contribution is -2.20. The molecule has 0 saturated carbocycles. The molecule has 0 bridgehead atoms. The van der Waals surface area contributed by atoms with E-state index in [1.165, 1.54) is 0 Å². The molecule has 4 nitrogen and oxygen atoms in total. The molecular formula is C15H17BN2O2. The molecule has 0 spiro atoms. The van der Waals surface area contributed by atoms with Gasteiger partial charge in [0.05, 0.1) is 7.11 Å². The van der Waals surface area contributed by atoms with Crippen LogP contribution >= 0.6 is 0 Å². The number of rotatable bonds is 2. The van der Waals surface area contributed by atoms with Crippen LogP contribution in [-0.4, -0.2) is 25.2 Å². The van der Waals surface area contributed by atoms with Crippen LogP contribution in [0.2, 0.25) is 0 Å². The minimum atomic E-state index is -0.239. The molecule has 1 aromatic carbocycles. The number of nitrogens with zero attached hydrogens (tertiary/aromatic N) is 1. The lowest BCUT2D eigenvalue weighted by atomic mass is 9.79. The summed E-state index contributed by atoms with van der Waals surface area (Å²) in [7, 11) is 7.66. The van der Waals surface area contributed by atoms with Gasteiger partial charge in [0, 0.05) is 11.8 Å². The number of nitrogens with one attached hydrogen (secondary N) is 1. The van der Waals surface area contributed by atoms with Crippen LogP contribution in [0.1, 0.15) is 26.3 Å². The first-order valence-electron chi connectivity index (χ1n) is 6.36. The fraction of sp³-hybridized carbons (Fsp3) is 0.333. The van der Waals surface area contributed by atoms with Crippen molar-refractivity contribution in [3.8, 4) is 16.9 Å². The smallest absolute Gasteiger partial charge is 0.272 e. The summed E-state index contributed by atoms with van der Waals surface area (Å²) in [6, 6.07) is 5.37. The zero-order valence-electron chi connectivity index (χ0n) is 12.2. The van der Waals surface area contributed by atoms with Gasteiger partial charge >= 0.3 is 0 Å². The van der Waals surface area contributed by atoms with E-state index >= 15 is 0 Å². The highest BCUT2D eigenvalue weighted by Gasteiger charge is 2.21. The maximum absolute atomic E-state index is 11.9. The molecule has 20 heavy (non-hydrogen) atoms. The van der Waals surface area contributed by atoms with Gasteiger partial charge < -0.3 is 4.74 Å². The highest BCUT2D eigenvalue weighted by atomic mass is 16.5. The van der Waals surface area contributed by atoms with Gasteiger partial charge in [-0.1, -0.05) is 32.3 Å². The van der Waals surface area contributed by atoms with Gasteiger partial charge in [0.1, 0.15) is 13.6 Å². The molecule has 1 heterocycles. The van der Waals surface area contributed by atoms with Gasteiger partial charge in [-0.15, -0.1) is 0 Å². The van der Waals surface area contributed by atoms with Crippen LogP contribution in [0.15, 0.2) is 29.2 Å². The van der Waals surface area contributed by atoms with Crippen LogP contribution in [0.3, 0.4) is 0 Å². The van der Waals surface area contributed by atoms with Crippen molar-refractivity contribution in [2.24, 2.45) is 0 Å². The predicted octanol–water partition coefficient (Wildman–Crippen LogP) is 1.54. The van der Waals surface area contributed by atoms with E-state index in [-0.39, 0.29) is 11.0 Å². The third-order valence-corrected chi connectivity index (χ3v) is 3.17. The molecule has 0 saturated heterocycles. The molecule has 0 aliphatic carbocycles. The molecule has 5 heteroatoms.